The number of fused-ring (bicyclic) bond motifs is 1. The van der Waals surface area contributed by atoms with Gasteiger partial charge in [-0.15, -0.1) is 0 Å². The summed E-state index contributed by atoms with van der Waals surface area (Å²) < 4.78 is 0. The molecule has 0 bridgehead atoms. The molecule has 0 radical (unpaired) electrons. The summed E-state index contributed by atoms with van der Waals surface area (Å²) in [6, 6.07) is 12.2. The number of anilines is 1. The highest BCUT2D eigenvalue weighted by molar-refractivity contribution is 5.73. The smallest absolute Gasteiger partial charge is 0.315 e. The molecule has 0 saturated heterocycles. The van der Waals surface area contributed by atoms with Crippen LogP contribution in [-0.2, 0) is 19.5 Å². The predicted molar refractivity (Wildman–Crippen MR) is 97.4 cm³/mol. The van der Waals surface area contributed by atoms with E-state index in [1.807, 2.05) is 12.1 Å². The van der Waals surface area contributed by atoms with Gasteiger partial charge in [-0.2, -0.15) is 0 Å². The van der Waals surface area contributed by atoms with Crippen LogP contribution in [0.4, 0.5) is 10.6 Å². The summed E-state index contributed by atoms with van der Waals surface area (Å²) in [6.45, 7) is 4.11. The third-order valence-electron chi connectivity index (χ3n) is 4.27. The number of benzene rings is 1. The van der Waals surface area contributed by atoms with Crippen molar-refractivity contribution in [2.75, 3.05) is 18.0 Å². The van der Waals surface area contributed by atoms with Gasteiger partial charge in [0.05, 0.1) is 6.10 Å². The van der Waals surface area contributed by atoms with E-state index in [0.717, 1.165) is 30.9 Å². The fourth-order valence-corrected chi connectivity index (χ4v) is 2.88. The number of aliphatic hydroxyl groups is 1. The summed E-state index contributed by atoms with van der Waals surface area (Å²) >= 11 is 0. The molecule has 0 saturated carbocycles. The fourth-order valence-electron chi connectivity index (χ4n) is 2.88. The van der Waals surface area contributed by atoms with Gasteiger partial charge >= 0.3 is 6.03 Å². The Balaban J connectivity index is 1.53. The number of amides is 2. The number of carbonyl (C=O) groups excluding carboxylic acids is 1. The predicted octanol–water partition coefficient (Wildman–Crippen LogP) is 1.82. The zero-order chi connectivity index (χ0) is 17.6. The van der Waals surface area contributed by atoms with Crippen LogP contribution in [0.3, 0.4) is 0 Å². The second-order valence-corrected chi connectivity index (χ2v) is 6.38. The van der Waals surface area contributed by atoms with Gasteiger partial charge in [0, 0.05) is 32.4 Å². The Bertz CT molecular complexity index is 716. The van der Waals surface area contributed by atoms with Crippen LogP contribution in [0.1, 0.15) is 23.6 Å². The maximum atomic E-state index is 11.6. The lowest BCUT2D eigenvalue weighted by atomic mass is 10.00. The standard InChI is InChI=1S/C19H24N4O2/c1-14(24)10-21-19(25)22-12-15-6-7-18(20-11-15)23-9-8-16-4-2-3-5-17(16)13-23/h2-7,11,14,24H,8-10,12-13H2,1H3,(H2,21,22,25). The molecule has 132 valence electrons. The molecule has 1 aromatic heterocycles. The zero-order valence-electron chi connectivity index (χ0n) is 14.4. The van der Waals surface area contributed by atoms with Gasteiger partial charge in [0.1, 0.15) is 5.82 Å². The van der Waals surface area contributed by atoms with E-state index in [1.54, 1.807) is 13.1 Å². The van der Waals surface area contributed by atoms with Gasteiger partial charge < -0.3 is 20.6 Å². The largest absolute Gasteiger partial charge is 0.392 e. The Hall–Kier alpha value is -2.60. The number of hydrogen-bond donors (Lipinski definition) is 3. The van der Waals surface area contributed by atoms with Crippen molar-refractivity contribution in [2.24, 2.45) is 0 Å². The molecule has 1 atom stereocenters. The molecular weight excluding hydrogens is 316 g/mol. The third kappa shape index (κ3) is 4.70. The molecule has 0 spiro atoms. The van der Waals surface area contributed by atoms with Crippen molar-refractivity contribution in [2.45, 2.75) is 32.5 Å². The van der Waals surface area contributed by atoms with Crippen molar-refractivity contribution in [3.63, 3.8) is 0 Å². The number of urea groups is 1. The minimum absolute atomic E-state index is 0.236. The molecule has 2 aromatic rings. The van der Waals surface area contributed by atoms with Crippen molar-refractivity contribution in [3.05, 3.63) is 59.3 Å². The molecule has 2 heterocycles. The maximum Gasteiger partial charge on any atom is 0.315 e. The summed E-state index contributed by atoms with van der Waals surface area (Å²) in [5.41, 5.74) is 3.72. The van der Waals surface area contributed by atoms with Crippen LogP contribution in [0.2, 0.25) is 0 Å². The van der Waals surface area contributed by atoms with Gasteiger partial charge in [0.15, 0.2) is 0 Å². The molecule has 0 fully saturated rings. The van der Waals surface area contributed by atoms with Crippen molar-refractivity contribution in [1.82, 2.24) is 15.6 Å². The minimum Gasteiger partial charge on any atom is -0.392 e. The maximum absolute atomic E-state index is 11.6. The number of rotatable bonds is 5. The highest BCUT2D eigenvalue weighted by atomic mass is 16.3. The summed E-state index contributed by atoms with van der Waals surface area (Å²) in [4.78, 5) is 18.4. The van der Waals surface area contributed by atoms with Crippen LogP contribution in [0.25, 0.3) is 0 Å². The van der Waals surface area contributed by atoms with Gasteiger partial charge in [-0.3, -0.25) is 0 Å². The minimum atomic E-state index is -0.554. The van der Waals surface area contributed by atoms with Crippen LogP contribution in [-0.4, -0.2) is 35.3 Å². The van der Waals surface area contributed by atoms with Gasteiger partial charge in [0.2, 0.25) is 0 Å². The highest BCUT2D eigenvalue weighted by Crippen LogP contribution is 2.22. The molecule has 1 aliphatic rings. The van der Waals surface area contributed by atoms with E-state index in [4.69, 9.17) is 5.11 Å². The van der Waals surface area contributed by atoms with E-state index >= 15 is 0 Å². The van der Waals surface area contributed by atoms with E-state index < -0.39 is 6.10 Å². The Kier molecular flexibility index (Phi) is 5.50. The summed E-state index contributed by atoms with van der Waals surface area (Å²) in [5, 5.41) is 14.5. The van der Waals surface area contributed by atoms with Crippen LogP contribution >= 0.6 is 0 Å². The van der Waals surface area contributed by atoms with Gasteiger partial charge in [-0.25, -0.2) is 9.78 Å². The van der Waals surface area contributed by atoms with Crippen LogP contribution in [0.15, 0.2) is 42.6 Å². The average Bonchev–Trinajstić information content (AvgIpc) is 2.64. The molecule has 6 nitrogen and oxygen atoms in total. The molecule has 1 aromatic carbocycles. The van der Waals surface area contributed by atoms with E-state index in [2.05, 4.69) is 44.8 Å². The molecule has 25 heavy (non-hydrogen) atoms. The normalized spacial score (nSPS) is 14.6. The van der Waals surface area contributed by atoms with Crippen LogP contribution in [0, 0.1) is 0 Å². The topological polar surface area (TPSA) is 77.5 Å². The van der Waals surface area contributed by atoms with E-state index in [-0.39, 0.29) is 12.6 Å². The molecule has 3 rings (SSSR count). The first-order chi connectivity index (χ1) is 12.1. The van der Waals surface area contributed by atoms with Crippen molar-refractivity contribution < 1.29 is 9.90 Å². The first kappa shape index (κ1) is 17.2. The number of nitrogens with zero attached hydrogens (tertiary/aromatic N) is 2. The van der Waals surface area contributed by atoms with Crippen LogP contribution < -0.4 is 15.5 Å². The second-order valence-electron chi connectivity index (χ2n) is 6.38. The fraction of sp³-hybridized carbons (Fsp3) is 0.368. The number of nitrogens with one attached hydrogen (secondary N) is 2. The number of carbonyl (C=O) groups is 1. The monoisotopic (exact) mass is 340 g/mol. The van der Waals surface area contributed by atoms with E-state index in [1.165, 1.54) is 11.1 Å². The first-order valence-electron chi connectivity index (χ1n) is 8.58. The molecule has 1 unspecified atom stereocenters. The van der Waals surface area contributed by atoms with E-state index in [9.17, 15) is 4.79 Å². The highest BCUT2D eigenvalue weighted by Gasteiger charge is 2.16. The number of aliphatic hydroxyl groups excluding tert-OH is 1. The number of hydrogen-bond acceptors (Lipinski definition) is 4. The molecule has 3 N–H and O–H groups in total. The Labute approximate surface area is 147 Å². The molecule has 6 heteroatoms. The van der Waals surface area contributed by atoms with Crippen molar-refractivity contribution >= 4 is 11.8 Å². The quantitative estimate of drug-likeness (QED) is 0.776. The number of pyridine rings is 1. The number of aromatic nitrogens is 1. The van der Waals surface area contributed by atoms with Crippen LogP contribution in [0.5, 0.6) is 0 Å². The van der Waals surface area contributed by atoms with Crippen molar-refractivity contribution in [1.29, 1.82) is 0 Å². The van der Waals surface area contributed by atoms with Crippen molar-refractivity contribution in [3.8, 4) is 0 Å². The molecule has 1 aliphatic heterocycles. The Morgan fingerprint density at radius 1 is 1.24 bits per heavy atom. The summed E-state index contributed by atoms with van der Waals surface area (Å²) in [7, 11) is 0. The lowest BCUT2D eigenvalue weighted by Gasteiger charge is -2.29. The molecule has 0 aliphatic carbocycles. The SMILES string of the molecule is CC(O)CNC(=O)NCc1ccc(N2CCc3ccccc3C2)nc1. The molecule has 2 amide bonds. The average molecular weight is 340 g/mol. The Morgan fingerprint density at radius 2 is 2.04 bits per heavy atom. The lowest BCUT2D eigenvalue weighted by molar-refractivity contribution is 0.187. The van der Waals surface area contributed by atoms with Gasteiger partial charge in [-0.1, -0.05) is 30.3 Å². The summed E-state index contributed by atoms with van der Waals surface area (Å²) in [6.07, 6.45) is 2.27. The lowest BCUT2D eigenvalue weighted by Crippen LogP contribution is -2.38. The Morgan fingerprint density at radius 3 is 2.76 bits per heavy atom. The zero-order valence-corrected chi connectivity index (χ0v) is 14.4. The first-order valence-corrected chi connectivity index (χ1v) is 8.58. The second kappa shape index (κ2) is 7.98. The summed E-state index contributed by atoms with van der Waals surface area (Å²) in [5.74, 6) is 0.955. The van der Waals surface area contributed by atoms with E-state index in [0.29, 0.717) is 6.54 Å². The van der Waals surface area contributed by atoms with Gasteiger partial charge in [0.25, 0.3) is 0 Å². The molecular formula is C19H24N4O2. The van der Waals surface area contributed by atoms with Gasteiger partial charge in [-0.05, 0) is 36.1 Å². The third-order valence-corrected chi connectivity index (χ3v) is 4.27.